The van der Waals surface area contributed by atoms with Gasteiger partial charge in [-0.2, -0.15) is 0 Å². The fraction of sp³-hybridized carbons (Fsp3) is 0.0909. The van der Waals surface area contributed by atoms with Gasteiger partial charge in [0.05, 0.1) is 6.54 Å². The second kappa shape index (κ2) is 5.65. The molecule has 1 aromatic carbocycles. The van der Waals surface area contributed by atoms with Gasteiger partial charge in [0.1, 0.15) is 5.82 Å². The average Bonchev–Trinajstić information content (AvgIpc) is 2.23. The number of carbonyl (C=O) groups excluding carboxylic acids is 2. The quantitative estimate of drug-likeness (QED) is 0.725. The van der Waals surface area contributed by atoms with Gasteiger partial charge in [-0.05, 0) is 23.8 Å². The molecule has 0 aliphatic rings. The van der Waals surface area contributed by atoms with E-state index in [1.54, 1.807) is 6.07 Å². The second-order valence-corrected chi connectivity index (χ2v) is 3.07. The lowest BCUT2D eigenvalue weighted by Gasteiger charge is -1.97. The highest BCUT2D eigenvalue weighted by Gasteiger charge is 1.97. The number of primary amides is 1. The van der Waals surface area contributed by atoms with Crippen molar-refractivity contribution in [1.82, 2.24) is 5.32 Å². The van der Waals surface area contributed by atoms with Gasteiger partial charge < -0.3 is 11.1 Å². The van der Waals surface area contributed by atoms with Gasteiger partial charge in [0.2, 0.25) is 11.8 Å². The molecule has 0 saturated heterocycles. The van der Waals surface area contributed by atoms with Crippen LogP contribution in [0.1, 0.15) is 5.56 Å². The number of nitrogens with one attached hydrogen (secondary N) is 1. The lowest BCUT2D eigenvalue weighted by Crippen LogP contribution is -2.32. The summed E-state index contributed by atoms with van der Waals surface area (Å²) in [4.78, 5) is 21.5. The maximum Gasteiger partial charge on any atom is 0.244 e. The minimum Gasteiger partial charge on any atom is -0.368 e. The first-order valence-electron chi connectivity index (χ1n) is 4.58. The van der Waals surface area contributed by atoms with Gasteiger partial charge in [-0.1, -0.05) is 12.1 Å². The number of carbonyl (C=O) groups is 2. The molecule has 84 valence electrons. The normalized spacial score (nSPS) is 10.3. The van der Waals surface area contributed by atoms with E-state index in [1.165, 1.54) is 30.4 Å². The van der Waals surface area contributed by atoms with Crippen LogP contribution in [-0.4, -0.2) is 18.4 Å². The third kappa shape index (κ3) is 4.36. The lowest BCUT2D eigenvalue weighted by molar-refractivity contribution is -0.122. The van der Waals surface area contributed by atoms with Gasteiger partial charge >= 0.3 is 0 Å². The number of hydrogen-bond acceptors (Lipinski definition) is 2. The summed E-state index contributed by atoms with van der Waals surface area (Å²) in [6, 6.07) is 5.79. The fourth-order valence-electron chi connectivity index (χ4n) is 1.02. The molecular formula is C11H11FN2O2. The molecule has 4 nitrogen and oxygen atoms in total. The van der Waals surface area contributed by atoms with E-state index in [2.05, 4.69) is 5.32 Å². The zero-order chi connectivity index (χ0) is 12.0. The van der Waals surface area contributed by atoms with Crippen molar-refractivity contribution in [2.75, 3.05) is 6.54 Å². The van der Waals surface area contributed by atoms with Crippen molar-refractivity contribution < 1.29 is 14.0 Å². The summed E-state index contributed by atoms with van der Waals surface area (Å²) in [5, 5.41) is 2.27. The molecule has 0 heterocycles. The number of halogens is 1. The van der Waals surface area contributed by atoms with Crippen molar-refractivity contribution in [3.63, 3.8) is 0 Å². The molecule has 3 N–H and O–H groups in total. The number of nitrogens with two attached hydrogens (primary N) is 1. The van der Waals surface area contributed by atoms with Crippen LogP contribution in [0.5, 0.6) is 0 Å². The van der Waals surface area contributed by atoms with Gasteiger partial charge in [-0.25, -0.2) is 4.39 Å². The summed E-state index contributed by atoms with van der Waals surface area (Å²) in [6.45, 7) is -0.216. The molecule has 16 heavy (non-hydrogen) atoms. The molecule has 1 aromatic rings. The van der Waals surface area contributed by atoms with Crippen LogP contribution in [0.25, 0.3) is 6.08 Å². The Morgan fingerprint density at radius 1 is 1.44 bits per heavy atom. The van der Waals surface area contributed by atoms with Crippen LogP contribution in [0, 0.1) is 5.82 Å². The van der Waals surface area contributed by atoms with Crippen molar-refractivity contribution in [1.29, 1.82) is 0 Å². The molecular weight excluding hydrogens is 211 g/mol. The molecule has 0 fully saturated rings. The van der Waals surface area contributed by atoms with Crippen molar-refractivity contribution >= 4 is 17.9 Å². The van der Waals surface area contributed by atoms with E-state index in [-0.39, 0.29) is 12.4 Å². The molecule has 0 aliphatic carbocycles. The van der Waals surface area contributed by atoms with E-state index in [1.807, 2.05) is 0 Å². The number of benzene rings is 1. The summed E-state index contributed by atoms with van der Waals surface area (Å²) < 4.78 is 12.7. The van der Waals surface area contributed by atoms with Gasteiger partial charge in [0.25, 0.3) is 0 Å². The van der Waals surface area contributed by atoms with Crippen LogP contribution in [-0.2, 0) is 9.59 Å². The molecule has 0 bridgehead atoms. The van der Waals surface area contributed by atoms with Crippen LogP contribution in [0.4, 0.5) is 4.39 Å². The van der Waals surface area contributed by atoms with E-state index >= 15 is 0 Å². The van der Waals surface area contributed by atoms with Gasteiger partial charge in [-0.3, -0.25) is 9.59 Å². The van der Waals surface area contributed by atoms with E-state index in [0.717, 1.165) is 0 Å². The molecule has 0 radical (unpaired) electrons. The molecule has 2 amide bonds. The molecule has 0 unspecified atom stereocenters. The maximum atomic E-state index is 12.7. The van der Waals surface area contributed by atoms with Crippen molar-refractivity contribution in [2.24, 2.45) is 5.73 Å². The number of hydrogen-bond donors (Lipinski definition) is 2. The Kier molecular flexibility index (Phi) is 4.20. The predicted molar refractivity (Wildman–Crippen MR) is 57.6 cm³/mol. The van der Waals surface area contributed by atoms with E-state index < -0.39 is 11.8 Å². The Labute approximate surface area is 91.9 Å². The SMILES string of the molecule is NC(=O)CNC(=O)C=Cc1cccc(F)c1. The first-order chi connectivity index (χ1) is 7.58. The molecule has 1 rings (SSSR count). The minimum absolute atomic E-state index is 0.216. The van der Waals surface area contributed by atoms with Crippen LogP contribution in [0.3, 0.4) is 0 Å². The minimum atomic E-state index is -0.618. The van der Waals surface area contributed by atoms with Crippen LogP contribution in [0.2, 0.25) is 0 Å². The number of rotatable bonds is 4. The van der Waals surface area contributed by atoms with E-state index in [9.17, 15) is 14.0 Å². The predicted octanol–water partition coefficient (Wildman–Crippen LogP) is 0.440. The third-order valence-electron chi connectivity index (χ3n) is 1.71. The second-order valence-electron chi connectivity index (χ2n) is 3.07. The summed E-state index contributed by atoms with van der Waals surface area (Å²) in [6.07, 6.45) is 2.65. The Balaban J connectivity index is 2.53. The Bertz CT molecular complexity index is 430. The van der Waals surface area contributed by atoms with E-state index in [0.29, 0.717) is 5.56 Å². The van der Waals surface area contributed by atoms with Gasteiger partial charge in [0, 0.05) is 6.08 Å². The average molecular weight is 222 g/mol. The summed E-state index contributed by atoms with van der Waals surface area (Å²) in [5.41, 5.74) is 5.40. The smallest absolute Gasteiger partial charge is 0.244 e. The largest absolute Gasteiger partial charge is 0.368 e. The van der Waals surface area contributed by atoms with Crippen molar-refractivity contribution in [3.8, 4) is 0 Å². The van der Waals surface area contributed by atoms with Crippen molar-refractivity contribution in [3.05, 3.63) is 41.7 Å². The highest BCUT2D eigenvalue weighted by molar-refractivity contribution is 5.94. The molecule has 0 spiro atoms. The van der Waals surface area contributed by atoms with Crippen molar-refractivity contribution in [2.45, 2.75) is 0 Å². The molecule has 5 heteroatoms. The van der Waals surface area contributed by atoms with Gasteiger partial charge in [-0.15, -0.1) is 0 Å². The molecule has 0 saturated carbocycles. The Hall–Kier alpha value is -2.17. The topological polar surface area (TPSA) is 72.2 Å². The maximum absolute atomic E-state index is 12.7. The van der Waals surface area contributed by atoms with Crippen LogP contribution in [0.15, 0.2) is 30.3 Å². The first kappa shape index (κ1) is 11.9. The number of amides is 2. The summed E-state index contributed by atoms with van der Waals surface area (Å²) in [5.74, 6) is -1.45. The van der Waals surface area contributed by atoms with Crippen LogP contribution >= 0.6 is 0 Å². The highest BCUT2D eigenvalue weighted by Crippen LogP contribution is 2.04. The molecule has 0 atom stereocenters. The van der Waals surface area contributed by atoms with E-state index in [4.69, 9.17) is 5.73 Å². The molecule has 0 aliphatic heterocycles. The molecule has 0 aromatic heterocycles. The lowest BCUT2D eigenvalue weighted by atomic mass is 10.2. The standard InChI is InChI=1S/C11H11FN2O2/c12-9-3-1-2-8(6-9)4-5-11(16)14-7-10(13)15/h1-6H,7H2,(H2,13,15)(H,14,16). The monoisotopic (exact) mass is 222 g/mol. The zero-order valence-electron chi connectivity index (χ0n) is 8.44. The zero-order valence-corrected chi connectivity index (χ0v) is 8.44. The first-order valence-corrected chi connectivity index (χ1v) is 4.58. The fourth-order valence-corrected chi connectivity index (χ4v) is 1.02. The summed E-state index contributed by atoms with van der Waals surface area (Å²) >= 11 is 0. The third-order valence-corrected chi connectivity index (χ3v) is 1.71. The van der Waals surface area contributed by atoms with Gasteiger partial charge in [0.15, 0.2) is 0 Å². The Morgan fingerprint density at radius 3 is 2.81 bits per heavy atom. The highest BCUT2D eigenvalue weighted by atomic mass is 19.1. The van der Waals surface area contributed by atoms with Crippen LogP contribution < -0.4 is 11.1 Å². The Morgan fingerprint density at radius 2 is 2.19 bits per heavy atom. The summed E-state index contributed by atoms with van der Waals surface area (Å²) in [7, 11) is 0.